The minimum Gasteiger partial charge on any atom is -0.356 e. The third-order valence-corrected chi connectivity index (χ3v) is 6.05. The quantitative estimate of drug-likeness (QED) is 0.770. The number of benzene rings is 1. The van der Waals surface area contributed by atoms with Crippen molar-refractivity contribution in [1.29, 1.82) is 0 Å². The summed E-state index contributed by atoms with van der Waals surface area (Å²) in [6, 6.07) is 8.38. The van der Waals surface area contributed by atoms with E-state index in [9.17, 15) is 8.42 Å². The summed E-state index contributed by atoms with van der Waals surface area (Å²) in [5.41, 5.74) is 6.45. The lowest BCUT2D eigenvalue weighted by Crippen LogP contribution is -2.49. The second kappa shape index (κ2) is 8.31. The predicted molar refractivity (Wildman–Crippen MR) is 99.0 cm³/mol. The van der Waals surface area contributed by atoms with E-state index in [2.05, 4.69) is 9.88 Å². The summed E-state index contributed by atoms with van der Waals surface area (Å²) >= 11 is 0. The van der Waals surface area contributed by atoms with Crippen LogP contribution in [0.5, 0.6) is 0 Å². The van der Waals surface area contributed by atoms with Crippen LogP contribution < -0.4 is 10.5 Å². The molecule has 3 rings (SSSR count). The molecule has 1 fully saturated rings. The molecule has 1 aliphatic carbocycles. The first-order valence-electron chi connectivity index (χ1n) is 8.29. The Morgan fingerprint density at radius 2 is 1.80 bits per heavy atom. The van der Waals surface area contributed by atoms with E-state index >= 15 is 0 Å². The van der Waals surface area contributed by atoms with Crippen molar-refractivity contribution in [2.24, 2.45) is 5.73 Å². The molecule has 138 valence electrons. The van der Waals surface area contributed by atoms with Gasteiger partial charge in [0, 0.05) is 23.7 Å². The van der Waals surface area contributed by atoms with Crippen molar-refractivity contribution in [3.8, 4) is 11.3 Å². The van der Waals surface area contributed by atoms with Crippen molar-refractivity contribution in [2.75, 3.05) is 6.54 Å². The summed E-state index contributed by atoms with van der Waals surface area (Å²) in [6.45, 7) is 0.250. The lowest BCUT2D eigenvalue weighted by Gasteiger charge is -2.28. The zero-order chi connectivity index (χ0) is 17.0. The summed E-state index contributed by atoms with van der Waals surface area (Å²) in [5.74, 6) is 0.424. The summed E-state index contributed by atoms with van der Waals surface area (Å²) < 4.78 is 33.4. The van der Waals surface area contributed by atoms with E-state index < -0.39 is 15.6 Å². The molecule has 1 heterocycles. The highest BCUT2D eigenvalue weighted by Gasteiger charge is 2.29. The molecule has 0 bridgehead atoms. The Kier molecular flexibility index (Phi) is 6.62. The number of hydrogen-bond acceptors (Lipinski definition) is 5. The fourth-order valence-electron chi connectivity index (χ4n) is 3.19. The fourth-order valence-corrected chi connectivity index (χ4v) is 4.53. The molecule has 0 aliphatic heterocycles. The average Bonchev–Trinajstić information content (AvgIpc) is 3.03. The van der Waals surface area contributed by atoms with Crippen LogP contribution in [0.4, 0.5) is 0 Å². The molecular formula is C17H24ClN3O3S. The van der Waals surface area contributed by atoms with E-state index in [0.29, 0.717) is 11.3 Å². The van der Waals surface area contributed by atoms with Crippen LogP contribution in [0.15, 0.2) is 45.9 Å². The lowest BCUT2D eigenvalue weighted by molar-refractivity contribution is 0.369. The molecule has 1 aromatic heterocycles. The molecule has 8 heteroatoms. The molecule has 3 N–H and O–H groups in total. The predicted octanol–water partition coefficient (Wildman–Crippen LogP) is 3.09. The maximum atomic E-state index is 12.8. The molecule has 6 nitrogen and oxygen atoms in total. The van der Waals surface area contributed by atoms with Crippen molar-refractivity contribution in [3.05, 3.63) is 36.5 Å². The molecule has 0 saturated heterocycles. The number of halogens is 1. The number of nitrogens with one attached hydrogen (secondary N) is 1. The van der Waals surface area contributed by atoms with Gasteiger partial charge in [-0.25, -0.2) is 13.1 Å². The van der Waals surface area contributed by atoms with Gasteiger partial charge >= 0.3 is 0 Å². The summed E-state index contributed by atoms with van der Waals surface area (Å²) in [6.07, 6.45) is 7.62. The standard InChI is InChI=1S/C17H23N3O3S.ClH/c18-17(10-5-1-2-6-11-17)13-20-24(21,22)16-8-4-3-7-14(16)15-9-12-19-23-15;/h3-4,7-9,12,20H,1-2,5-6,10-11,13,18H2;1H. The van der Waals surface area contributed by atoms with Crippen LogP contribution in [-0.2, 0) is 10.0 Å². The van der Waals surface area contributed by atoms with E-state index in [1.54, 1.807) is 30.3 Å². The Balaban J connectivity index is 0.00000225. The number of nitrogens with zero attached hydrogens (tertiary/aromatic N) is 1. The lowest BCUT2D eigenvalue weighted by atomic mass is 9.92. The molecular weight excluding hydrogens is 362 g/mol. The zero-order valence-corrected chi connectivity index (χ0v) is 15.6. The van der Waals surface area contributed by atoms with Gasteiger partial charge < -0.3 is 10.3 Å². The molecule has 1 aromatic carbocycles. The number of nitrogens with two attached hydrogens (primary N) is 1. The first-order chi connectivity index (χ1) is 11.5. The third-order valence-electron chi connectivity index (χ3n) is 4.59. The van der Waals surface area contributed by atoms with Crippen LogP contribution >= 0.6 is 12.4 Å². The van der Waals surface area contributed by atoms with Crippen LogP contribution in [0.3, 0.4) is 0 Å². The van der Waals surface area contributed by atoms with Gasteiger partial charge in [-0.2, -0.15) is 0 Å². The monoisotopic (exact) mass is 385 g/mol. The van der Waals surface area contributed by atoms with Crippen molar-refractivity contribution in [1.82, 2.24) is 9.88 Å². The van der Waals surface area contributed by atoms with E-state index in [4.69, 9.17) is 10.3 Å². The van der Waals surface area contributed by atoms with E-state index in [-0.39, 0.29) is 23.8 Å². The van der Waals surface area contributed by atoms with Crippen LogP contribution in [0.1, 0.15) is 38.5 Å². The Labute approximate surface area is 154 Å². The van der Waals surface area contributed by atoms with Crippen molar-refractivity contribution in [2.45, 2.75) is 49.0 Å². The van der Waals surface area contributed by atoms with Gasteiger partial charge in [-0.3, -0.25) is 0 Å². The minimum absolute atomic E-state index is 0. The highest BCUT2D eigenvalue weighted by Crippen LogP contribution is 2.28. The van der Waals surface area contributed by atoms with Gasteiger partial charge in [0.05, 0.1) is 11.1 Å². The number of rotatable bonds is 5. The topological polar surface area (TPSA) is 98.2 Å². The van der Waals surface area contributed by atoms with Crippen LogP contribution in [-0.4, -0.2) is 25.7 Å². The van der Waals surface area contributed by atoms with Gasteiger partial charge in [-0.15, -0.1) is 12.4 Å². The normalized spacial score (nSPS) is 17.5. The maximum absolute atomic E-state index is 12.8. The molecule has 0 radical (unpaired) electrons. The van der Waals surface area contributed by atoms with E-state index in [0.717, 1.165) is 25.7 Å². The molecule has 25 heavy (non-hydrogen) atoms. The van der Waals surface area contributed by atoms with E-state index in [1.807, 2.05) is 0 Å². The average molecular weight is 386 g/mol. The number of sulfonamides is 1. The number of aromatic nitrogens is 1. The molecule has 2 aromatic rings. The Bertz CT molecular complexity index is 770. The molecule has 0 unspecified atom stereocenters. The Morgan fingerprint density at radius 3 is 2.44 bits per heavy atom. The van der Waals surface area contributed by atoms with Crippen molar-refractivity contribution >= 4 is 22.4 Å². The molecule has 0 amide bonds. The molecule has 1 saturated carbocycles. The molecule has 1 aliphatic rings. The first-order valence-corrected chi connectivity index (χ1v) is 9.77. The highest BCUT2D eigenvalue weighted by molar-refractivity contribution is 7.89. The molecule has 0 atom stereocenters. The summed E-state index contributed by atoms with van der Waals surface area (Å²) in [5, 5.41) is 3.65. The molecule has 0 spiro atoms. The largest absolute Gasteiger partial charge is 0.356 e. The summed E-state index contributed by atoms with van der Waals surface area (Å²) in [7, 11) is -3.68. The Hall–Kier alpha value is -1.41. The maximum Gasteiger partial charge on any atom is 0.241 e. The summed E-state index contributed by atoms with van der Waals surface area (Å²) in [4.78, 5) is 0.180. The van der Waals surface area contributed by atoms with Gasteiger partial charge in [0.15, 0.2) is 5.76 Å². The van der Waals surface area contributed by atoms with Gasteiger partial charge in [0.2, 0.25) is 10.0 Å². The highest BCUT2D eigenvalue weighted by atomic mass is 35.5. The van der Waals surface area contributed by atoms with Gasteiger partial charge in [0.25, 0.3) is 0 Å². The van der Waals surface area contributed by atoms with Crippen molar-refractivity contribution < 1.29 is 12.9 Å². The van der Waals surface area contributed by atoms with Crippen LogP contribution in [0.2, 0.25) is 0 Å². The van der Waals surface area contributed by atoms with Gasteiger partial charge in [0.1, 0.15) is 0 Å². The minimum atomic E-state index is -3.68. The fraction of sp³-hybridized carbons (Fsp3) is 0.471. The van der Waals surface area contributed by atoms with Gasteiger partial charge in [-0.1, -0.05) is 43.0 Å². The second-order valence-corrected chi connectivity index (χ2v) is 8.21. The van der Waals surface area contributed by atoms with Crippen LogP contribution in [0.25, 0.3) is 11.3 Å². The van der Waals surface area contributed by atoms with Gasteiger partial charge in [-0.05, 0) is 25.0 Å². The Morgan fingerprint density at radius 1 is 1.12 bits per heavy atom. The third kappa shape index (κ3) is 4.82. The smallest absolute Gasteiger partial charge is 0.241 e. The second-order valence-electron chi connectivity index (χ2n) is 6.47. The van der Waals surface area contributed by atoms with Crippen molar-refractivity contribution in [3.63, 3.8) is 0 Å². The van der Waals surface area contributed by atoms with Crippen LogP contribution in [0, 0.1) is 0 Å². The SMILES string of the molecule is Cl.NC1(CNS(=O)(=O)c2ccccc2-c2ccno2)CCCCCC1. The number of hydrogen-bond donors (Lipinski definition) is 2. The van der Waals surface area contributed by atoms with E-state index in [1.165, 1.54) is 19.0 Å². The zero-order valence-electron chi connectivity index (χ0n) is 14.0. The first kappa shape index (κ1) is 19.9.